The van der Waals surface area contributed by atoms with E-state index in [1.165, 1.54) is 0 Å². The van der Waals surface area contributed by atoms with Crippen molar-refractivity contribution in [2.24, 2.45) is 0 Å². The van der Waals surface area contributed by atoms with Crippen LogP contribution in [0.4, 0.5) is 0 Å². The summed E-state index contributed by atoms with van der Waals surface area (Å²) in [7, 11) is 0.384. The van der Waals surface area contributed by atoms with Crippen molar-refractivity contribution in [1.29, 1.82) is 0 Å². The Hall–Kier alpha value is -1.11. The quantitative estimate of drug-likeness (QED) is 0.799. The van der Waals surface area contributed by atoms with E-state index in [-0.39, 0.29) is 27.0 Å². The van der Waals surface area contributed by atoms with Crippen LogP contribution in [0.5, 0.6) is 0 Å². The highest BCUT2D eigenvalue weighted by Crippen LogP contribution is 2.39. The summed E-state index contributed by atoms with van der Waals surface area (Å²) < 4.78 is 32.5. The minimum atomic E-state index is -3.59. The molecule has 0 unspecified atom stereocenters. The van der Waals surface area contributed by atoms with Crippen molar-refractivity contribution in [2.75, 3.05) is 14.1 Å². The third-order valence-corrected chi connectivity index (χ3v) is 7.62. The smallest absolute Gasteiger partial charge is 0.200 e. The second kappa shape index (κ2) is 6.25. The second-order valence-electron chi connectivity index (χ2n) is 8.09. The zero-order chi connectivity index (χ0) is 18.6. The first-order valence-corrected chi connectivity index (χ1v) is 10.4. The highest BCUT2D eigenvalue weighted by atomic mass is 35.5. The highest BCUT2D eigenvalue weighted by Gasteiger charge is 2.39. The summed E-state index contributed by atoms with van der Waals surface area (Å²) in [5.74, 6) is 0.513. The van der Waals surface area contributed by atoms with E-state index in [9.17, 15) is 8.42 Å². The zero-order valence-corrected chi connectivity index (χ0v) is 16.9. The molecular weight excluding hydrogens is 360 g/mol. The van der Waals surface area contributed by atoms with E-state index >= 15 is 0 Å². The van der Waals surface area contributed by atoms with Crippen molar-refractivity contribution in [3.8, 4) is 0 Å². The van der Waals surface area contributed by atoms with Gasteiger partial charge in [0, 0.05) is 11.5 Å². The van der Waals surface area contributed by atoms with Crippen LogP contribution in [0, 0.1) is 0 Å². The molecule has 5 nitrogen and oxygen atoms in total. The lowest BCUT2D eigenvalue weighted by Crippen LogP contribution is -2.27. The van der Waals surface area contributed by atoms with Crippen LogP contribution in [-0.2, 0) is 15.3 Å². The maximum absolute atomic E-state index is 13.3. The Labute approximate surface area is 154 Å². The Morgan fingerprint density at radius 3 is 2.48 bits per heavy atom. The van der Waals surface area contributed by atoms with Crippen LogP contribution in [0.3, 0.4) is 0 Å². The Balaban J connectivity index is 2.11. The molecule has 1 aromatic carbocycles. The Morgan fingerprint density at radius 2 is 1.92 bits per heavy atom. The monoisotopic (exact) mass is 384 g/mol. The van der Waals surface area contributed by atoms with E-state index < -0.39 is 15.1 Å². The Bertz CT molecular complexity index is 897. The number of oxazole rings is 1. The molecule has 25 heavy (non-hydrogen) atoms. The number of benzene rings is 1. The first-order chi connectivity index (χ1) is 11.5. The van der Waals surface area contributed by atoms with E-state index in [0.29, 0.717) is 24.2 Å². The summed E-state index contributed by atoms with van der Waals surface area (Å²) in [4.78, 5) is 6.65. The van der Waals surface area contributed by atoms with Gasteiger partial charge in [-0.1, -0.05) is 32.4 Å². The number of rotatable bonds is 3. The lowest BCUT2D eigenvalue weighted by atomic mass is 9.97. The third-order valence-electron chi connectivity index (χ3n) is 4.92. The molecule has 1 aromatic heterocycles. The van der Waals surface area contributed by atoms with E-state index in [1.54, 1.807) is 12.1 Å². The Morgan fingerprint density at radius 1 is 1.24 bits per heavy atom. The first-order valence-electron chi connectivity index (χ1n) is 8.51. The molecule has 0 aliphatic heterocycles. The van der Waals surface area contributed by atoms with Gasteiger partial charge in [-0.2, -0.15) is 0 Å². The molecule has 1 saturated carbocycles. The normalized spacial score (nSPS) is 22.2. The lowest BCUT2D eigenvalue weighted by molar-refractivity contribution is 0.299. The van der Waals surface area contributed by atoms with Crippen LogP contribution in [0.25, 0.3) is 11.1 Å². The van der Waals surface area contributed by atoms with Gasteiger partial charge in [-0.3, -0.25) is 0 Å². The number of hydrogen-bond donors (Lipinski definition) is 0. The third kappa shape index (κ3) is 3.32. The van der Waals surface area contributed by atoms with E-state index in [1.807, 2.05) is 34.9 Å². The van der Waals surface area contributed by atoms with Crippen LogP contribution >= 0.6 is 11.6 Å². The number of hydrogen-bond acceptors (Lipinski definition) is 5. The van der Waals surface area contributed by atoms with Gasteiger partial charge in [0.1, 0.15) is 10.4 Å². The fraction of sp³-hybridized carbons (Fsp3) is 0.611. The van der Waals surface area contributed by atoms with Crippen molar-refractivity contribution in [3.05, 3.63) is 23.0 Å². The summed E-state index contributed by atoms with van der Waals surface area (Å²) in [6, 6.07) is 3.59. The number of halogens is 1. The molecule has 2 atom stereocenters. The molecule has 0 radical (unpaired) electrons. The summed E-state index contributed by atoms with van der Waals surface area (Å²) >= 11 is 6.31. The minimum Gasteiger partial charge on any atom is -0.439 e. The maximum Gasteiger partial charge on any atom is 0.200 e. The SMILES string of the molecule is CN(C)[C@H]1CC[C@@H](S(=O)(=O)c2c(Cl)ccc3nc(C(C)(C)C)oc23)C1. The molecular formula is C18H25ClN2O3S. The van der Waals surface area contributed by atoms with Gasteiger partial charge in [-0.05, 0) is 45.5 Å². The molecule has 7 heteroatoms. The predicted molar refractivity (Wildman–Crippen MR) is 100 cm³/mol. The zero-order valence-electron chi connectivity index (χ0n) is 15.3. The Kier molecular flexibility index (Phi) is 4.67. The summed E-state index contributed by atoms with van der Waals surface area (Å²) in [5, 5.41) is -0.233. The van der Waals surface area contributed by atoms with Gasteiger partial charge in [0.15, 0.2) is 15.4 Å². The first kappa shape index (κ1) is 18.7. The van der Waals surface area contributed by atoms with Gasteiger partial charge in [-0.25, -0.2) is 13.4 Å². The van der Waals surface area contributed by atoms with Gasteiger partial charge in [0.25, 0.3) is 0 Å². The van der Waals surface area contributed by atoms with E-state index in [0.717, 1.165) is 6.42 Å². The van der Waals surface area contributed by atoms with Crippen molar-refractivity contribution < 1.29 is 12.8 Å². The fourth-order valence-corrected chi connectivity index (χ4v) is 5.84. The average Bonchev–Trinajstić information content (AvgIpc) is 3.13. The lowest BCUT2D eigenvalue weighted by Gasteiger charge is -2.19. The minimum absolute atomic E-state index is 0.0964. The van der Waals surface area contributed by atoms with Crippen LogP contribution in [0.15, 0.2) is 21.4 Å². The van der Waals surface area contributed by atoms with Crippen molar-refractivity contribution >= 4 is 32.5 Å². The molecule has 0 amide bonds. The van der Waals surface area contributed by atoms with Gasteiger partial charge >= 0.3 is 0 Å². The molecule has 0 bridgehead atoms. The molecule has 3 rings (SSSR count). The molecule has 1 fully saturated rings. The topological polar surface area (TPSA) is 63.4 Å². The number of nitrogens with zero attached hydrogens (tertiary/aromatic N) is 2. The molecule has 1 heterocycles. The number of fused-ring (bicyclic) bond motifs is 1. The maximum atomic E-state index is 13.3. The molecule has 138 valence electrons. The molecule has 2 aromatic rings. The predicted octanol–water partition coefficient (Wildman–Crippen LogP) is 4.04. The van der Waals surface area contributed by atoms with Crippen molar-refractivity contribution in [3.63, 3.8) is 0 Å². The summed E-state index contributed by atoms with van der Waals surface area (Å²) in [6.45, 7) is 5.93. The number of sulfone groups is 1. The second-order valence-corrected chi connectivity index (χ2v) is 10.7. The molecule has 1 aliphatic rings. The van der Waals surface area contributed by atoms with Crippen LogP contribution < -0.4 is 0 Å². The number of aromatic nitrogens is 1. The van der Waals surface area contributed by atoms with E-state index in [2.05, 4.69) is 9.88 Å². The average molecular weight is 385 g/mol. The van der Waals surface area contributed by atoms with Gasteiger partial charge in [-0.15, -0.1) is 0 Å². The molecule has 0 saturated heterocycles. The van der Waals surface area contributed by atoms with Gasteiger partial charge in [0.2, 0.25) is 5.89 Å². The molecule has 0 N–H and O–H groups in total. The molecule has 0 spiro atoms. The van der Waals surface area contributed by atoms with Gasteiger partial charge in [0.05, 0.1) is 10.3 Å². The van der Waals surface area contributed by atoms with E-state index in [4.69, 9.17) is 16.0 Å². The van der Waals surface area contributed by atoms with Crippen LogP contribution in [0.1, 0.15) is 45.9 Å². The van der Waals surface area contributed by atoms with Crippen LogP contribution in [-0.4, -0.2) is 43.7 Å². The van der Waals surface area contributed by atoms with Crippen molar-refractivity contribution in [1.82, 2.24) is 9.88 Å². The summed E-state index contributed by atoms with van der Waals surface area (Å²) in [5.41, 5.74) is 0.511. The fourth-order valence-electron chi connectivity index (χ4n) is 3.36. The van der Waals surface area contributed by atoms with Gasteiger partial charge < -0.3 is 9.32 Å². The van der Waals surface area contributed by atoms with Crippen LogP contribution in [0.2, 0.25) is 5.02 Å². The standard InChI is InChI=1S/C18H25ClN2O3S/c1-18(2,3)17-20-14-9-8-13(19)16(15(14)24-17)25(22,23)12-7-6-11(10-12)21(4)5/h8-9,11-12H,6-7,10H2,1-5H3/t11-,12+/m0/s1. The summed E-state index contributed by atoms with van der Waals surface area (Å²) in [6.07, 6.45) is 2.12. The highest BCUT2D eigenvalue weighted by molar-refractivity contribution is 7.92. The molecule has 1 aliphatic carbocycles. The largest absolute Gasteiger partial charge is 0.439 e. The van der Waals surface area contributed by atoms with Crippen molar-refractivity contribution in [2.45, 2.75) is 61.6 Å².